The molecule has 0 heterocycles. The molecule has 4 heteroatoms. The lowest BCUT2D eigenvalue weighted by Gasteiger charge is -2.31. The van der Waals surface area contributed by atoms with Gasteiger partial charge in [0.2, 0.25) is 6.29 Å². The number of benzene rings is 2. The lowest BCUT2D eigenvalue weighted by molar-refractivity contribution is -0.904. The Balaban J connectivity index is 1.69. The largest absolute Gasteiger partial charge is 0.455 e. The summed E-state index contributed by atoms with van der Waals surface area (Å²) in [7, 11) is 4.42. The maximum atomic E-state index is 12.8. The number of hydrogen-bond acceptors (Lipinski definition) is 3. The summed E-state index contributed by atoms with van der Waals surface area (Å²) in [6, 6.07) is 18.7. The molecule has 2 aromatic rings. The highest BCUT2D eigenvalue weighted by Gasteiger charge is 2.23. The number of quaternary nitrogens is 1. The van der Waals surface area contributed by atoms with Crippen molar-refractivity contribution in [1.82, 2.24) is 0 Å². The van der Waals surface area contributed by atoms with Crippen LogP contribution in [-0.4, -0.2) is 37.4 Å². The van der Waals surface area contributed by atoms with E-state index in [1.54, 1.807) is 0 Å². The Hall–Kier alpha value is -2.33. The van der Waals surface area contributed by atoms with Gasteiger partial charge in [-0.05, 0) is 24.5 Å². The van der Waals surface area contributed by atoms with Crippen LogP contribution in [0.15, 0.2) is 54.6 Å². The number of para-hydroxylation sites is 1. The van der Waals surface area contributed by atoms with Crippen LogP contribution in [0.25, 0.3) is 0 Å². The number of ether oxygens (including phenoxy) is 2. The van der Waals surface area contributed by atoms with E-state index in [0.29, 0.717) is 0 Å². The predicted molar refractivity (Wildman–Crippen MR) is 159 cm³/mol. The van der Waals surface area contributed by atoms with Crippen LogP contribution < -0.4 is 4.74 Å². The maximum Gasteiger partial charge on any atom is 0.311 e. The van der Waals surface area contributed by atoms with Gasteiger partial charge in [0.25, 0.3) is 0 Å². The van der Waals surface area contributed by atoms with E-state index >= 15 is 0 Å². The van der Waals surface area contributed by atoms with E-state index in [2.05, 4.69) is 57.4 Å². The summed E-state index contributed by atoms with van der Waals surface area (Å²) in [4.78, 5) is 12.8. The average molecular weight is 525 g/mol. The van der Waals surface area contributed by atoms with E-state index in [1.807, 2.05) is 32.0 Å². The Morgan fingerprint density at radius 2 is 1.37 bits per heavy atom. The van der Waals surface area contributed by atoms with Gasteiger partial charge in [0, 0.05) is 18.9 Å². The van der Waals surface area contributed by atoms with Crippen molar-refractivity contribution in [1.29, 1.82) is 0 Å². The second-order valence-corrected chi connectivity index (χ2v) is 11.7. The van der Waals surface area contributed by atoms with Gasteiger partial charge < -0.3 is 14.0 Å². The highest BCUT2D eigenvalue weighted by Crippen LogP contribution is 2.23. The first kappa shape index (κ1) is 31.9. The number of rotatable bonds is 20. The molecule has 4 nitrogen and oxygen atoms in total. The number of carbonyl (C=O) groups excluding carboxylic acids is 1. The van der Waals surface area contributed by atoms with Crippen molar-refractivity contribution in [3.8, 4) is 5.75 Å². The zero-order chi connectivity index (χ0) is 27.6. The number of carbonyl (C=O) groups is 1. The first-order valence-corrected chi connectivity index (χ1v) is 15.1. The van der Waals surface area contributed by atoms with E-state index in [-0.39, 0.29) is 11.9 Å². The SMILES string of the molecule is CCCCCCCCCCCCc1ccccc1OC(C)OC(=O)C(C)CC[N+](C)(C)Cc1ccccc1. The Labute approximate surface area is 233 Å². The van der Waals surface area contributed by atoms with Crippen molar-refractivity contribution in [3.63, 3.8) is 0 Å². The zero-order valence-electron chi connectivity index (χ0n) is 24.9. The molecular weight excluding hydrogens is 470 g/mol. The van der Waals surface area contributed by atoms with Crippen LogP contribution in [-0.2, 0) is 22.5 Å². The highest BCUT2D eigenvalue weighted by molar-refractivity contribution is 5.72. The molecule has 2 aromatic carbocycles. The van der Waals surface area contributed by atoms with Crippen LogP contribution >= 0.6 is 0 Å². The molecule has 0 aliphatic heterocycles. The molecule has 0 aliphatic rings. The van der Waals surface area contributed by atoms with E-state index < -0.39 is 6.29 Å². The van der Waals surface area contributed by atoms with Crippen molar-refractivity contribution in [2.45, 2.75) is 111 Å². The topological polar surface area (TPSA) is 35.5 Å². The number of hydrogen-bond donors (Lipinski definition) is 0. The van der Waals surface area contributed by atoms with E-state index in [0.717, 1.165) is 36.2 Å². The number of unbranched alkanes of at least 4 members (excludes halogenated alkanes) is 9. The monoisotopic (exact) mass is 524 g/mol. The van der Waals surface area contributed by atoms with E-state index in [9.17, 15) is 4.79 Å². The average Bonchev–Trinajstić information content (AvgIpc) is 2.89. The van der Waals surface area contributed by atoms with Crippen molar-refractivity contribution < 1.29 is 18.8 Å². The first-order valence-electron chi connectivity index (χ1n) is 15.1. The van der Waals surface area contributed by atoms with Gasteiger partial charge >= 0.3 is 5.97 Å². The van der Waals surface area contributed by atoms with Gasteiger partial charge in [0.15, 0.2) is 0 Å². The Kier molecular flexibility index (Phi) is 15.1. The fraction of sp³-hybridized carbons (Fsp3) is 0.618. The molecule has 0 saturated heterocycles. The van der Waals surface area contributed by atoms with Crippen LogP contribution in [0.3, 0.4) is 0 Å². The Bertz CT molecular complexity index is 896. The third kappa shape index (κ3) is 13.5. The number of nitrogens with zero attached hydrogens (tertiary/aromatic N) is 1. The van der Waals surface area contributed by atoms with Gasteiger partial charge in [-0.2, -0.15) is 0 Å². The molecule has 2 unspecified atom stereocenters. The molecule has 0 aliphatic carbocycles. The third-order valence-corrected chi connectivity index (χ3v) is 7.37. The van der Waals surface area contributed by atoms with Crippen LogP contribution in [0.1, 0.15) is 103 Å². The molecule has 0 amide bonds. The highest BCUT2D eigenvalue weighted by atomic mass is 16.7. The van der Waals surface area contributed by atoms with Gasteiger partial charge in [0.1, 0.15) is 12.3 Å². The zero-order valence-corrected chi connectivity index (χ0v) is 24.9. The quantitative estimate of drug-likeness (QED) is 0.0752. The third-order valence-electron chi connectivity index (χ3n) is 7.37. The molecule has 2 atom stereocenters. The smallest absolute Gasteiger partial charge is 0.311 e. The predicted octanol–water partition coefficient (Wildman–Crippen LogP) is 8.72. The summed E-state index contributed by atoms with van der Waals surface area (Å²) in [5.41, 5.74) is 2.51. The second-order valence-electron chi connectivity index (χ2n) is 11.7. The van der Waals surface area contributed by atoms with Crippen LogP contribution in [0.4, 0.5) is 0 Å². The number of aryl methyl sites for hydroxylation is 1. The minimum absolute atomic E-state index is 0.170. The maximum absolute atomic E-state index is 12.8. The molecule has 0 aromatic heterocycles. The molecule has 0 N–H and O–H groups in total. The minimum atomic E-state index is -0.606. The summed E-state index contributed by atoms with van der Waals surface area (Å²) in [5, 5.41) is 0. The molecule has 0 fully saturated rings. The summed E-state index contributed by atoms with van der Waals surface area (Å²) in [6.45, 7) is 7.89. The molecule has 2 rings (SSSR count). The first-order chi connectivity index (χ1) is 18.3. The van der Waals surface area contributed by atoms with Crippen molar-refractivity contribution in [2.75, 3.05) is 20.6 Å². The Morgan fingerprint density at radius 1 is 0.789 bits per heavy atom. The van der Waals surface area contributed by atoms with Crippen LogP contribution in [0.5, 0.6) is 5.75 Å². The van der Waals surface area contributed by atoms with Gasteiger partial charge in [-0.3, -0.25) is 4.79 Å². The van der Waals surface area contributed by atoms with E-state index in [1.165, 1.54) is 75.3 Å². The molecular formula is C34H54NO3+. The molecule has 0 saturated carbocycles. The summed E-state index contributed by atoms with van der Waals surface area (Å²) in [5.74, 6) is 0.470. The van der Waals surface area contributed by atoms with Gasteiger partial charge in [0.05, 0.1) is 26.6 Å². The van der Waals surface area contributed by atoms with Crippen molar-refractivity contribution >= 4 is 5.97 Å². The van der Waals surface area contributed by atoms with E-state index in [4.69, 9.17) is 9.47 Å². The standard InChI is InChI=1S/C34H54NO3/c1-6-7-8-9-10-11-12-13-14-18-23-32-24-19-20-25-33(32)37-30(3)38-34(36)29(2)26-27-35(4,5)28-31-21-16-15-17-22-31/h15-17,19-22,24-25,29-30H,6-14,18,23,26-28H2,1-5H3/q+1. The lowest BCUT2D eigenvalue weighted by atomic mass is 10.0. The summed E-state index contributed by atoms with van der Waals surface area (Å²) in [6.07, 6.45) is 14.5. The van der Waals surface area contributed by atoms with Crippen LogP contribution in [0, 0.1) is 5.92 Å². The molecule has 0 radical (unpaired) electrons. The summed E-state index contributed by atoms with van der Waals surface area (Å²) < 4.78 is 12.6. The van der Waals surface area contributed by atoms with Gasteiger partial charge in [-0.25, -0.2) is 0 Å². The molecule has 0 spiro atoms. The minimum Gasteiger partial charge on any atom is -0.455 e. The fourth-order valence-electron chi connectivity index (χ4n) is 4.93. The number of esters is 1. The van der Waals surface area contributed by atoms with Gasteiger partial charge in [-0.15, -0.1) is 0 Å². The van der Waals surface area contributed by atoms with Crippen molar-refractivity contribution in [2.24, 2.45) is 5.92 Å². The van der Waals surface area contributed by atoms with Crippen LogP contribution in [0.2, 0.25) is 0 Å². The molecule has 212 valence electrons. The molecule has 0 bridgehead atoms. The normalized spacial score (nSPS) is 13.2. The summed E-state index contributed by atoms with van der Waals surface area (Å²) >= 11 is 0. The van der Waals surface area contributed by atoms with Gasteiger partial charge in [-0.1, -0.05) is 120 Å². The lowest BCUT2D eigenvalue weighted by Crippen LogP contribution is -2.41. The molecule has 38 heavy (non-hydrogen) atoms. The Morgan fingerprint density at radius 3 is 2.03 bits per heavy atom. The second kappa shape index (κ2) is 18.0. The van der Waals surface area contributed by atoms with Crippen molar-refractivity contribution in [3.05, 3.63) is 65.7 Å². The fourth-order valence-corrected chi connectivity index (χ4v) is 4.93.